The third-order valence-electron chi connectivity index (χ3n) is 5.21. The average molecular weight is 443 g/mol. The lowest BCUT2D eigenvalue weighted by Crippen LogP contribution is -2.18. The summed E-state index contributed by atoms with van der Waals surface area (Å²) in [5, 5.41) is 16.5. The second kappa shape index (κ2) is 8.47. The van der Waals surface area contributed by atoms with Gasteiger partial charge >= 0.3 is 0 Å². The molecule has 0 bridgehead atoms. The number of nitrogens with one attached hydrogen (secondary N) is 1. The maximum absolute atomic E-state index is 14.2. The highest BCUT2D eigenvalue weighted by Gasteiger charge is 2.20. The van der Waals surface area contributed by atoms with Crippen molar-refractivity contribution in [2.45, 2.75) is 20.4 Å². The van der Waals surface area contributed by atoms with Crippen LogP contribution in [0, 0.1) is 31.0 Å². The molecule has 0 aliphatic carbocycles. The predicted octanol–water partition coefficient (Wildman–Crippen LogP) is 2.85. The molecule has 0 unspecified atom stereocenters. The summed E-state index contributed by atoms with van der Waals surface area (Å²) in [5.74, 6) is -2.13. The maximum Gasteiger partial charge on any atom is 0.274 e. The number of nitrogens with zero attached hydrogens (tertiary/aromatic N) is 5. The van der Waals surface area contributed by atoms with Gasteiger partial charge in [-0.15, -0.1) is 0 Å². The van der Waals surface area contributed by atoms with Gasteiger partial charge in [-0.1, -0.05) is 6.07 Å². The van der Waals surface area contributed by atoms with Gasteiger partial charge in [0.15, 0.2) is 0 Å². The number of hydrogen-bond donors (Lipinski definition) is 2. The van der Waals surface area contributed by atoms with Crippen molar-refractivity contribution in [2.75, 3.05) is 5.32 Å². The van der Waals surface area contributed by atoms with Crippen LogP contribution in [0.5, 0.6) is 0 Å². The Morgan fingerprint density at radius 2 is 2.03 bits per heavy atom. The summed E-state index contributed by atoms with van der Waals surface area (Å²) in [7, 11) is 0. The lowest BCUT2D eigenvalue weighted by molar-refractivity contribution is 0.100. The molecule has 33 heavy (non-hydrogen) atoms. The number of nitrogens with two attached hydrogens (primary N) is 1. The summed E-state index contributed by atoms with van der Waals surface area (Å²) < 4.78 is 15.9. The van der Waals surface area contributed by atoms with Crippen molar-refractivity contribution in [1.82, 2.24) is 19.7 Å². The molecule has 0 aliphatic heterocycles. The molecule has 0 aliphatic rings. The van der Waals surface area contributed by atoms with Crippen molar-refractivity contribution >= 4 is 28.4 Å². The quantitative estimate of drug-likeness (QED) is 0.486. The Kier molecular flexibility index (Phi) is 5.54. The number of pyridine rings is 2. The number of aromatic nitrogens is 4. The van der Waals surface area contributed by atoms with Crippen molar-refractivity contribution in [3.8, 4) is 6.07 Å². The molecule has 0 radical (unpaired) electrons. The number of halogens is 1. The van der Waals surface area contributed by atoms with Crippen LogP contribution in [0.4, 0.5) is 10.1 Å². The van der Waals surface area contributed by atoms with Crippen LogP contribution >= 0.6 is 0 Å². The van der Waals surface area contributed by atoms with E-state index in [1.807, 2.05) is 0 Å². The number of fused-ring (bicyclic) bond motifs is 1. The Labute approximate surface area is 187 Å². The SMILES string of the molecule is Cc1nn(Cc2ncccc2C#N)c(C)c1NC(=O)c1cc(C(N)=O)c2c(F)cccc2n1. The average Bonchev–Trinajstić information content (AvgIpc) is 3.06. The Bertz CT molecular complexity index is 1470. The largest absolute Gasteiger partial charge is 0.366 e. The van der Waals surface area contributed by atoms with E-state index in [9.17, 15) is 19.2 Å². The Hall–Kier alpha value is -4.65. The number of hydrogen-bond acceptors (Lipinski definition) is 6. The number of amides is 2. The lowest BCUT2D eigenvalue weighted by atomic mass is 10.1. The zero-order valence-electron chi connectivity index (χ0n) is 17.8. The van der Waals surface area contributed by atoms with Crippen molar-refractivity contribution in [3.63, 3.8) is 0 Å². The van der Waals surface area contributed by atoms with E-state index < -0.39 is 17.6 Å². The van der Waals surface area contributed by atoms with Gasteiger partial charge in [-0.25, -0.2) is 9.37 Å². The van der Waals surface area contributed by atoms with Gasteiger partial charge in [0.25, 0.3) is 5.91 Å². The predicted molar refractivity (Wildman–Crippen MR) is 118 cm³/mol. The van der Waals surface area contributed by atoms with E-state index in [0.29, 0.717) is 28.3 Å². The smallest absolute Gasteiger partial charge is 0.274 e. The molecule has 0 saturated carbocycles. The second-order valence-electron chi connectivity index (χ2n) is 7.32. The third kappa shape index (κ3) is 3.99. The molecule has 0 saturated heterocycles. The van der Waals surface area contributed by atoms with Gasteiger partial charge in [0.2, 0.25) is 5.91 Å². The van der Waals surface area contributed by atoms with Crippen LogP contribution in [0.3, 0.4) is 0 Å². The van der Waals surface area contributed by atoms with Crippen LogP contribution in [-0.2, 0) is 6.54 Å². The molecule has 0 atom stereocenters. The van der Waals surface area contributed by atoms with Gasteiger partial charge in [0, 0.05) is 11.6 Å². The maximum atomic E-state index is 14.2. The van der Waals surface area contributed by atoms with E-state index in [1.54, 1.807) is 36.9 Å². The van der Waals surface area contributed by atoms with E-state index >= 15 is 0 Å². The standard InChI is InChI=1S/C23H18FN7O2/c1-12-21(13(2)31(30-12)11-19-14(10-25)5-4-8-27-19)29-23(33)18-9-15(22(26)32)20-16(24)6-3-7-17(20)28-18/h3-9H,11H2,1-2H3,(H2,26,32)(H,29,33). The number of carbonyl (C=O) groups is 2. The fraction of sp³-hybridized carbons (Fsp3) is 0.130. The number of rotatable bonds is 5. The van der Waals surface area contributed by atoms with Crippen LogP contribution in [0.2, 0.25) is 0 Å². The van der Waals surface area contributed by atoms with Gasteiger partial charge in [-0.2, -0.15) is 10.4 Å². The van der Waals surface area contributed by atoms with Crippen molar-refractivity contribution in [1.29, 1.82) is 5.26 Å². The summed E-state index contributed by atoms with van der Waals surface area (Å²) in [6, 6.07) is 10.7. The summed E-state index contributed by atoms with van der Waals surface area (Å²) >= 11 is 0. The Balaban J connectivity index is 1.68. The highest BCUT2D eigenvalue weighted by atomic mass is 19.1. The fourth-order valence-electron chi connectivity index (χ4n) is 3.57. The first kappa shape index (κ1) is 21.6. The molecular weight excluding hydrogens is 425 g/mol. The summed E-state index contributed by atoms with van der Waals surface area (Å²) in [5.41, 5.74) is 7.94. The summed E-state index contributed by atoms with van der Waals surface area (Å²) in [4.78, 5) is 33.3. The molecule has 4 rings (SSSR count). The molecule has 0 fully saturated rings. The number of nitriles is 1. The molecule has 1 aromatic carbocycles. The second-order valence-corrected chi connectivity index (χ2v) is 7.32. The van der Waals surface area contributed by atoms with E-state index in [2.05, 4.69) is 26.5 Å². The highest BCUT2D eigenvalue weighted by molar-refractivity contribution is 6.10. The van der Waals surface area contributed by atoms with Gasteiger partial charge in [0.05, 0.1) is 46.0 Å². The molecule has 3 N–H and O–H groups in total. The van der Waals surface area contributed by atoms with Gasteiger partial charge < -0.3 is 11.1 Å². The van der Waals surface area contributed by atoms with Crippen LogP contribution in [0.15, 0.2) is 42.6 Å². The summed E-state index contributed by atoms with van der Waals surface area (Å²) in [6.45, 7) is 3.73. The molecule has 9 nitrogen and oxygen atoms in total. The molecular formula is C23H18FN7O2. The third-order valence-corrected chi connectivity index (χ3v) is 5.21. The molecule has 0 spiro atoms. The molecule has 4 aromatic rings. The number of primary amides is 1. The topological polar surface area (TPSA) is 140 Å². The lowest BCUT2D eigenvalue weighted by Gasteiger charge is -2.10. The van der Waals surface area contributed by atoms with E-state index in [0.717, 1.165) is 0 Å². The van der Waals surface area contributed by atoms with Crippen LogP contribution in [0.1, 0.15) is 43.5 Å². The molecule has 3 heterocycles. The molecule has 10 heteroatoms. The van der Waals surface area contributed by atoms with E-state index in [4.69, 9.17) is 5.73 Å². The summed E-state index contributed by atoms with van der Waals surface area (Å²) in [6.07, 6.45) is 1.59. The van der Waals surface area contributed by atoms with Gasteiger partial charge in [0.1, 0.15) is 17.6 Å². The first-order chi connectivity index (χ1) is 15.8. The molecule has 2 amide bonds. The molecule has 3 aromatic heterocycles. The fourth-order valence-corrected chi connectivity index (χ4v) is 3.57. The number of carbonyl (C=O) groups excluding carboxylic acids is 2. The minimum atomic E-state index is -0.870. The van der Waals surface area contributed by atoms with Crippen molar-refractivity contribution < 1.29 is 14.0 Å². The van der Waals surface area contributed by atoms with E-state index in [1.165, 1.54) is 24.3 Å². The first-order valence-corrected chi connectivity index (χ1v) is 9.88. The van der Waals surface area contributed by atoms with E-state index in [-0.39, 0.29) is 28.7 Å². The number of benzene rings is 1. The number of aryl methyl sites for hydroxylation is 1. The monoisotopic (exact) mass is 443 g/mol. The van der Waals surface area contributed by atoms with Gasteiger partial charge in [-0.05, 0) is 44.2 Å². The zero-order valence-corrected chi connectivity index (χ0v) is 17.8. The Morgan fingerprint density at radius 1 is 1.24 bits per heavy atom. The minimum absolute atomic E-state index is 0.0367. The number of anilines is 1. The van der Waals surface area contributed by atoms with Gasteiger partial charge in [-0.3, -0.25) is 19.3 Å². The normalized spacial score (nSPS) is 10.7. The zero-order chi connectivity index (χ0) is 23.7. The van der Waals surface area contributed by atoms with Crippen LogP contribution < -0.4 is 11.1 Å². The molecule has 164 valence electrons. The minimum Gasteiger partial charge on any atom is -0.366 e. The van der Waals surface area contributed by atoms with Crippen LogP contribution in [-0.4, -0.2) is 31.6 Å². The first-order valence-electron chi connectivity index (χ1n) is 9.88. The Morgan fingerprint density at radius 3 is 2.76 bits per heavy atom. The van der Waals surface area contributed by atoms with Crippen molar-refractivity contribution in [3.05, 3.63) is 82.3 Å². The van der Waals surface area contributed by atoms with Crippen LogP contribution in [0.25, 0.3) is 10.9 Å². The highest BCUT2D eigenvalue weighted by Crippen LogP contribution is 2.24. The van der Waals surface area contributed by atoms with Crippen molar-refractivity contribution in [2.24, 2.45) is 5.73 Å².